The molecule has 186 valence electrons. The van der Waals surface area contributed by atoms with E-state index in [1.165, 1.54) is 23.1 Å². The molecular weight excluding hydrogens is 497 g/mol. The number of carbonyl (C=O) groups excluding carboxylic acids is 2. The van der Waals surface area contributed by atoms with Gasteiger partial charge in [-0.2, -0.15) is 0 Å². The number of carbonyl (C=O) groups is 2. The standard InChI is InChI=1S/C24H31Cl2N3O4S/c1-5-11-27-24(31)22(6-2)28(15-18-10-8-7-9-17(18)3)23(30)16-29(34(4,32)33)21-13-19(25)12-20(26)14-21/h7-10,12-14,22H,5-6,11,15-16H2,1-4H3,(H,27,31)/t22-/m1/s1. The number of benzene rings is 2. The summed E-state index contributed by atoms with van der Waals surface area (Å²) in [5.74, 6) is -0.786. The zero-order chi connectivity index (χ0) is 25.5. The SMILES string of the molecule is CCCNC(=O)[C@@H](CC)N(Cc1ccccc1C)C(=O)CN(c1cc(Cl)cc(Cl)c1)S(C)(=O)=O. The molecule has 0 aliphatic rings. The number of hydrogen-bond donors (Lipinski definition) is 1. The predicted molar refractivity (Wildman–Crippen MR) is 138 cm³/mol. The highest BCUT2D eigenvalue weighted by atomic mass is 35.5. The third-order valence-electron chi connectivity index (χ3n) is 5.35. The van der Waals surface area contributed by atoms with E-state index in [0.717, 1.165) is 28.1 Å². The first-order valence-corrected chi connectivity index (χ1v) is 13.6. The number of rotatable bonds is 11. The maximum absolute atomic E-state index is 13.6. The molecule has 0 saturated heterocycles. The third-order valence-corrected chi connectivity index (χ3v) is 6.93. The van der Waals surface area contributed by atoms with Crippen LogP contribution in [0.2, 0.25) is 10.0 Å². The Bertz CT molecular complexity index is 1100. The number of anilines is 1. The van der Waals surface area contributed by atoms with Gasteiger partial charge in [0.05, 0.1) is 11.9 Å². The van der Waals surface area contributed by atoms with Gasteiger partial charge in [-0.3, -0.25) is 13.9 Å². The molecule has 0 heterocycles. The smallest absolute Gasteiger partial charge is 0.244 e. The first-order valence-electron chi connectivity index (χ1n) is 11.0. The summed E-state index contributed by atoms with van der Waals surface area (Å²) in [5.41, 5.74) is 2.01. The Balaban J connectivity index is 2.47. The van der Waals surface area contributed by atoms with E-state index in [1.807, 2.05) is 45.0 Å². The van der Waals surface area contributed by atoms with Gasteiger partial charge in [0, 0.05) is 23.1 Å². The van der Waals surface area contributed by atoms with Gasteiger partial charge < -0.3 is 10.2 Å². The lowest BCUT2D eigenvalue weighted by Crippen LogP contribution is -2.52. The minimum absolute atomic E-state index is 0.164. The molecule has 1 N–H and O–H groups in total. The summed E-state index contributed by atoms with van der Waals surface area (Å²) >= 11 is 12.2. The minimum Gasteiger partial charge on any atom is -0.354 e. The van der Waals surface area contributed by atoms with Crippen molar-refractivity contribution in [1.29, 1.82) is 0 Å². The van der Waals surface area contributed by atoms with Gasteiger partial charge in [-0.1, -0.05) is 61.3 Å². The molecule has 0 unspecified atom stereocenters. The van der Waals surface area contributed by atoms with Crippen LogP contribution in [-0.2, 0) is 26.2 Å². The van der Waals surface area contributed by atoms with Gasteiger partial charge in [0.15, 0.2) is 0 Å². The van der Waals surface area contributed by atoms with Crippen molar-refractivity contribution in [3.05, 3.63) is 63.6 Å². The molecule has 2 aromatic carbocycles. The summed E-state index contributed by atoms with van der Waals surface area (Å²) in [7, 11) is -3.86. The van der Waals surface area contributed by atoms with Crippen LogP contribution < -0.4 is 9.62 Å². The second-order valence-electron chi connectivity index (χ2n) is 8.06. The number of sulfonamides is 1. The quantitative estimate of drug-likeness (QED) is 0.469. The predicted octanol–water partition coefficient (Wildman–Crippen LogP) is 4.40. The Labute approximate surface area is 212 Å². The van der Waals surface area contributed by atoms with Crippen molar-refractivity contribution >= 4 is 50.7 Å². The molecule has 0 bridgehead atoms. The molecule has 0 fully saturated rings. The van der Waals surface area contributed by atoms with Crippen LogP contribution >= 0.6 is 23.2 Å². The van der Waals surface area contributed by atoms with Crippen LogP contribution in [0.25, 0.3) is 0 Å². The lowest BCUT2D eigenvalue weighted by Gasteiger charge is -2.33. The zero-order valence-corrected chi connectivity index (χ0v) is 22.2. The van der Waals surface area contributed by atoms with E-state index in [0.29, 0.717) is 13.0 Å². The molecule has 0 aliphatic carbocycles. The molecule has 2 aromatic rings. The van der Waals surface area contributed by atoms with Gasteiger partial charge in [0.1, 0.15) is 12.6 Å². The average Bonchev–Trinajstić information content (AvgIpc) is 2.75. The van der Waals surface area contributed by atoms with Gasteiger partial charge >= 0.3 is 0 Å². The second-order valence-corrected chi connectivity index (χ2v) is 10.8. The van der Waals surface area contributed by atoms with E-state index in [1.54, 1.807) is 0 Å². The molecule has 0 aromatic heterocycles. The van der Waals surface area contributed by atoms with Crippen LogP contribution in [0, 0.1) is 6.92 Å². The third kappa shape index (κ3) is 7.61. The molecular formula is C24H31Cl2N3O4S. The van der Waals surface area contributed by atoms with Crippen LogP contribution in [0.3, 0.4) is 0 Å². The topological polar surface area (TPSA) is 86.8 Å². The van der Waals surface area contributed by atoms with E-state index < -0.39 is 28.5 Å². The Morgan fingerprint density at radius 3 is 2.21 bits per heavy atom. The maximum Gasteiger partial charge on any atom is 0.244 e. The molecule has 0 aliphatic heterocycles. The highest BCUT2D eigenvalue weighted by Gasteiger charge is 2.32. The highest BCUT2D eigenvalue weighted by molar-refractivity contribution is 7.92. The fraction of sp³-hybridized carbons (Fsp3) is 0.417. The average molecular weight is 529 g/mol. The molecule has 10 heteroatoms. The molecule has 0 radical (unpaired) electrons. The van der Waals surface area contributed by atoms with E-state index in [-0.39, 0.29) is 28.2 Å². The van der Waals surface area contributed by atoms with Crippen molar-refractivity contribution in [3.8, 4) is 0 Å². The summed E-state index contributed by atoms with van der Waals surface area (Å²) < 4.78 is 26.2. The van der Waals surface area contributed by atoms with Crippen LogP contribution in [0.4, 0.5) is 5.69 Å². The number of amides is 2. The van der Waals surface area contributed by atoms with Gasteiger partial charge in [-0.05, 0) is 49.1 Å². The monoisotopic (exact) mass is 527 g/mol. The molecule has 1 atom stereocenters. The summed E-state index contributed by atoms with van der Waals surface area (Å²) in [6.07, 6.45) is 2.13. The molecule has 2 amide bonds. The first kappa shape index (κ1) is 28.0. The van der Waals surface area contributed by atoms with Gasteiger partial charge in [0.25, 0.3) is 0 Å². The molecule has 0 spiro atoms. The zero-order valence-electron chi connectivity index (χ0n) is 19.8. The fourth-order valence-electron chi connectivity index (χ4n) is 3.55. The van der Waals surface area contributed by atoms with Crippen molar-refractivity contribution in [2.75, 3.05) is 23.7 Å². The van der Waals surface area contributed by atoms with E-state index >= 15 is 0 Å². The van der Waals surface area contributed by atoms with Gasteiger partial charge in [0.2, 0.25) is 21.8 Å². The summed E-state index contributed by atoms with van der Waals surface area (Å²) in [5, 5.41) is 3.33. The Morgan fingerprint density at radius 1 is 1.06 bits per heavy atom. The number of nitrogens with one attached hydrogen (secondary N) is 1. The lowest BCUT2D eigenvalue weighted by atomic mass is 10.1. The van der Waals surface area contributed by atoms with Crippen LogP contribution in [-0.4, -0.2) is 50.5 Å². The van der Waals surface area contributed by atoms with Crippen LogP contribution in [0.1, 0.15) is 37.8 Å². The summed E-state index contributed by atoms with van der Waals surface area (Å²) in [6.45, 7) is 5.83. The maximum atomic E-state index is 13.6. The Morgan fingerprint density at radius 2 is 1.68 bits per heavy atom. The van der Waals surface area contributed by atoms with Crippen molar-refractivity contribution in [2.45, 2.75) is 46.2 Å². The lowest BCUT2D eigenvalue weighted by molar-refractivity contribution is -0.140. The Hall–Kier alpha value is -2.29. The second kappa shape index (κ2) is 12.4. The first-order chi connectivity index (χ1) is 16.0. The number of hydrogen-bond acceptors (Lipinski definition) is 4. The Kier molecular flexibility index (Phi) is 10.2. The van der Waals surface area contributed by atoms with Gasteiger partial charge in [-0.15, -0.1) is 0 Å². The normalized spacial score (nSPS) is 12.2. The van der Waals surface area contributed by atoms with Crippen LogP contribution in [0.15, 0.2) is 42.5 Å². The van der Waals surface area contributed by atoms with Crippen molar-refractivity contribution in [2.24, 2.45) is 0 Å². The molecule has 7 nitrogen and oxygen atoms in total. The van der Waals surface area contributed by atoms with Crippen molar-refractivity contribution < 1.29 is 18.0 Å². The number of halogens is 2. The highest BCUT2D eigenvalue weighted by Crippen LogP contribution is 2.27. The van der Waals surface area contributed by atoms with E-state index in [9.17, 15) is 18.0 Å². The number of nitrogens with zero attached hydrogens (tertiary/aromatic N) is 2. The van der Waals surface area contributed by atoms with Gasteiger partial charge in [-0.25, -0.2) is 8.42 Å². The summed E-state index contributed by atoms with van der Waals surface area (Å²) in [6, 6.07) is 11.1. The van der Waals surface area contributed by atoms with Crippen LogP contribution in [0.5, 0.6) is 0 Å². The van der Waals surface area contributed by atoms with Crippen molar-refractivity contribution in [1.82, 2.24) is 10.2 Å². The fourth-order valence-corrected chi connectivity index (χ4v) is 4.90. The van der Waals surface area contributed by atoms with Crippen molar-refractivity contribution in [3.63, 3.8) is 0 Å². The molecule has 0 saturated carbocycles. The largest absolute Gasteiger partial charge is 0.354 e. The van der Waals surface area contributed by atoms with E-state index in [4.69, 9.17) is 23.2 Å². The molecule has 2 rings (SSSR count). The summed E-state index contributed by atoms with van der Waals surface area (Å²) in [4.78, 5) is 28.0. The molecule has 34 heavy (non-hydrogen) atoms. The van der Waals surface area contributed by atoms with E-state index in [2.05, 4.69) is 5.32 Å². The number of aryl methyl sites for hydroxylation is 1. The minimum atomic E-state index is -3.86.